The van der Waals surface area contributed by atoms with E-state index in [0.717, 1.165) is 64.2 Å². The van der Waals surface area contributed by atoms with Crippen molar-refractivity contribution >= 4 is 19.8 Å². The van der Waals surface area contributed by atoms with Crippen LogP contribution < -0.4 is 0 Å². The maximum Gasteiger partial charge on any atom is 0.472 e. The first-order valence-corrected chi connectivity index (χ1v) is 26.4. The Bertz CT molecular complexity index is 1300. The lowest BCUT2D eigenvalue weighted by Gasteiger charge is -2.41. The van der Waals surface area contributed by atoms with Crippen molar-refractivity contribution in [3.8, 4) is 0 Å². The Labute approximate surface area is 386 Å². The number of aliphatic hydroxyl groups excluding tert-OH is 5. The number of allylic oxidation sites excluding steroid dienone is 8. The number of ether oxygens (including phenoxy) is 2. The number of carbonyl (C=O) groups is 2. The zero-order valence-electron chi connectivity index (χ0n) is 39.6. The molecular weight excluding hydrogens is 840 g/mol. The quantitative estimate of drug-likeness (QED) is 0.0146. The predicted molar refractivity (Wildman–Crippen MR) is 253 cm³/mol. The zero-order chi connectivity index (χ0) is 47.1. The van der Waals surface area contributed by atoms with E-state index in [2.05, 4.69) is 50.3 Å². The van der Waals surface area contributed by atoms with Gasteiger partial charge in [0.15, 0.2) is 6.10 Å². The van der Waals surface area contributed by atoms with E-state index in [9.17, 15) is 44.6 Å². The fraction of sp³-hybridized carbons (Fsp3) is 0.800. The molecule has 0 bridgehead atoms. The number of hydrogen-bond acceptors (Lipinski definition) is 12. The Morgan fingerprint density at radius 2 is 0.875 bits per heavy atom. The van der Waals surface area contributed by atoms with E-state index in [1.807, 2.05) is 12.2 Å². The Balaban J connectivity index is 2.41. The largest absolute Gasteiger partial charge is 0.472 e. The van der Waals surface area contributed by atoms with Crippen LogP contribution in [0, 0.1) is 0 Å². The maximum absolute atomic E-state index is 12.8. The van der Waals surface area contributed by atoms with Gasteiger partial charge in [0.2, 0.25) is 0 Å². The summed E-state index contributed by atoms with van der Waals surface area (Å²) >= 11 is 0. The van der Waals surface area contributed by atoms with Crippen LogP contribution in [0.1, 0.15) is 200 Å². The number of carbonyl (C=O) groups excluding carboxylic acids is 2. The van der Waals surface area contributed by atoms with E-state index < -0.39 is 75.7 Å². The fourth-order valence-electron chi connectivity index (χ4n) is 7.37. The van der Waals surface area contributed by atoms with Crippen LogP contribution in [0.25, 0.3) is 0 Å². The van der Waals surface area contributed by atoms with Crippen LogP contribution in [0.2, 0.25) is 0 Å². The van der Waals surface area contributed by atoms with Crippen LogP contribution in [0.3, 0.4) is 0 Å². The van der Waals surface area contributed by atoms with Crippen molar-refractivity contribution in [1.29, 1.82) is 0 Å². The van der Waals surface area contributed by atoms with Crippen molar-refractivity contribution in [3.05, 3.63) is 48.6 Å². The molecule has 14 heteroatoms. The van der Waals surface area contributed by atoms with Gasteiger partial charge in [0, 0.05) is 12.8 Å². The van der Waals surface area contributed by atoms with Crippen molar-refractivity contribution in [2.24, 2.45) is 0 Å². The van der Waals surface area contributed by atoms with Gasteiger partial charge in [-0.3, -0.25) is 18.6 Å². The van der Waals surface area contributed by atoms with Crippen molar-refractivity contribution in [1.82, 2.24) is 0 Å². The average molecular weight is 929 g/mol. The molecule has 0 amide bonds. The van der Waals surface area contributed by atoms with Crippen molar-refractivity contribution in [2.75, 3.05) is 13.2 Å². The van der Waals surface area contributed by atoms with Gasteiger partial charge in [-0.1, -0.05) is 172 Å². The Kier molecular flexibility index (Phi) is 37.3. The van der Waals surface area contributed by atoms with Gasteiger partial charge in [-0.25, -0.2) is 4.57 Å². The normalized spacial score (nSPS) is 21.9. The fourth-order valence-corrected chi connectivity index (χ4v) is 8.34. The van der Waals surface area contributed by atoms with Gasteiger partial charge in [0.05, 0.1) is 6.61 Å². The summed E-state index contributed by atoms with van der Waals surface area (Å²) in [6, 6.07) is 0. The van der Waals surface area contributed by atoms with Gasteiger partial charge in [-0.15, -0.1) is 0 Å². The van der Waals surface area contributed by atoms with E-state index in [1.165, 1.54) is 96.3 Å². The topological polar surface area (TPSA) is 210 Å². The summed E-state index contributed by atoms with van der Waals surface area (Å²) in [5.41, 5.74) is 0. The third kappa shape index (κ3) is 31.7. The lowest BCUT2D eigenvalue weighted by molar-refractivity contribution is -0.220. The maximum atomic E-state index is 12.8. The standard InChI is InChI=1S/C50H89O13P/c1-3-5-7-9-11-13-15-17-18-19-20-21-22-23-24-25-27-28-30-32-34-36-38-43(51)60-40-42(41-61-64(58,59)63-50-48(56)46(54)45(53)47(55)49(50)57)62-44(52)39-37-35-33-31-29-26-16-14-12-10-8-6-4-2/h19-20,22-23,26,29,33,35,42,45-50,53-57H,3-18,21,24-25,27-28,30-32,34,36-41H2,1-2H3,(H,58,59)/b20-19+,23-22+,29-26+,35-33+/t42?,45?,46-,47?,48?,49?,50?/m0/s1. The lowest BCUT2D eigenvalue weighted by atomic mass is 9.85. The van der Waals surface area contributed by atoms with E-state index in [0.29, 0.717) is 12.8 Å². The van der Waals surface area contributed by atoms with Crippen molar-refractivity contribution in [3.63, 3.8) is 0 Å². The monoisotopic (exact) mass is 929 g/mol. The summed E-state index contributed by atoms with van der Waals surface area (Å²) in [4.78, 5) is 35.7. The van der Waals surface area contributed by atoms with Crippen LogP contribution in [0.5, 0.6) is 0 Å². The zero-order valence-corrected chi connectivity index (χ0v) is 40.5. The summed E-state index contributed by atoms with van der Waals surface area (Å²) < 4.78 is 33.5. The molecule has 0 aromatic heterocycles. The van der Waals surface area contributed by atoms with E-state index in [-0.39, 0.29) is 12.8 Å². The first-order valence-electron chi connectivity index (χ1n) is 24.9. The molecule has 0 aromatic rings. The number of unbranched alkanes of at least 4 members (excludes halogenated alkanes) is 21. The molecule has 8 atom stereocenters. The Morgan fingerprint density at radius 3 is 1.33 bits per heavy atom. The van der Waals surface area contributed by atoms with Gasteiger partial charge >= 0.3 is 19.8 Å². The second kappa shape index (κ2) is 39.9. The molecule has 372 valence electrons. The van der Waals surface area contributed by atoms with Crippen LogP contribution in [-0.4, -0.2) is 98.3 Å². The van der Waals surface area contributed by atoms with Gasteiger partial charge in [-0.2, -0.15) is 0 Å². The van der Waals surface area contributed by atoms with E-state index >= 15 is 0 Å². The Morgan fingerprint density at radius 1 is 0.484 bits per heavy atom. The second-order valence-electron chi connectivity index (χ2n) is 17.3. The first-order chi connectivity index (χ1) is 30.9. The molecule has 1 aliphatic rings. The highest BCUT2D eigenvalue weighted by atomic mass is 31.2. The van der Waals surface area contributed by atoms with Crippen LogP contribution in [0.15, 0.2) is 48.6 Å². The summed E-state index contributed by atoms with van der Waals surface area (Å²) in [6.45, 7) is 3.24. The minimum atomic E-state index is -5.14. The number of esters is 2. The lowest BCUT2D eigenvalue weighted by Crippen LogP contribution is -2.64. The van der Waals surface area contributed by atoms with E-state index in [1.54, 1.807) is 0 Å². The molecule has 1 fully saturated rings. The van der Waals surface area contributed by atoms with Crippen molar-refractivity contribution < 1.29 is 63.1 Å². The molecule has 1 aliphatic carbocycles. The van der Waals surface area contributed by atoms with Gasteiger partial charge < -0.3 is 39.9 Å². The van der Waals surface area contributed by atoms with Crippen LogP contribution in [-0.2, 0) is 32.7 Å². The van der Waals surface area contributed by atoms with Crippen molar-refractivity contribution in [2.45, 2.75) is 243 Å². The average Bonchev–Trinajstić information content (AvgIpc) is 3.28. The second-order valence-corrected chi connectivity index (χ2v) is 18.7. The molecule has 0 heterocycles. The predicted octanol–water partition coefficient (Wildman–Crippen LogP) is 10.3. The minimum absolute atomic E-state index is 0.0119. The number of hydrogen-bond donors (Lipinski definition) is 6. The molecule has 0 saturated heterocycles. The molecule has 1 saturated carbocycles. The van der Waals surface area contributed by atoms with E-state index in [4.69, 9.17) is 18.5 Å². The molecule has 7 unspecified atom stereocenters. The Hall–Kier alpha value is -2.19. The number of phosphoric ester groups is 1. The summed E-state index contributed by atoms with van der Waals surface area (Å²) in [5.74, 6) is -1.19. The molecule has 0 radical (unpaired) electrons. The third-order valence-electron chi connectivity index (χ3n) is 11.4. The molecule has 6 N–H and O–H groups in total. The SMILES string of the molecule is CCCCCCCC/C=C/C/C=C/CCC(=O)OC(COC(=O)CCCCCCCCC/C=C/C/C=C/CCCCCCCCCC)COP(=O)(O)OC1C(O)C(O)C(O)[C@H](O)C1O. The van der Waals surface area contributed by atoms with Crippen LogP contribution >= 0.6 is 7.82 Å². The van der Waals surface area contributed by atoms with Crippen LogP contribution in [0.4, 0.5) is 0 Å². The highest BCUT2D eigenvalue weighted by molar-refractivity contribution is 7.47. The number of phosphoric acid groups is 1. The minimum Gasteiger partial charge on any atom is -0.462 e. The summed E-state index contributed by atoms with van der Waals surface area (Å²) in [5, 5.41) is 50.2. The summed E-state index contributed by atoms with van der Waals surface area (Å²) in [7, 11) is -5.14. The molecule has 0 aromatic carbocycles. The molecular formula is C50H89O13P. The highest BCUT2D eigenvalue weighted by Gasteiger charge is 2.51. The van der Waals surface area contributed by atoms with Gasteiger partial charge in [0.25, 0.3) is 0 Å². The molecule has 64 heavy (non-hydrogen) atoms. The smallest absolute Gasteiger partial charge is 0.462 e. The number of aliphatic hydroxyl groups is 5. The molecule has 13 nitrogen and oxygen atoms in total. The highest BCUT2D eigenvalue weighted by Crippen LogP contribution is 2.47. The third-order valence-corrected chi connectivity index (χ3v) is 12.4. The number of rotatable bonds is 41. The molecule has 0 spiro atoms. The molecule has 0 aliphatic heterocycles. The van der Waals surface area contributed by atoms with Gasteiger partial charge in [0.1, 0.15) is 43.2 Å². The summed E-state index contributed by atoms with van der Waals surface area (Å²) in [6.07, 6.45) is 34.7. The molecule has 1 rings (SSSR count). The van der Waals surface area contributed by atoms with Gasteiger partial charge in [-0.05, 0) is 64.2 Å². The first kappa shape index (κ1) is 59.8.